The van der Waals surface area contributed by atoms with Crippen LogP contribution in [0.15, 0.2) is 29.3 Å². The van der Waals surface area contributed by atoms with E-state index in [1.165, 1.54) is 12.1 Å². The third-order valence-corrected chi connectivity index (χ3v) is 5.69. The van der Waals surface area contributed by atoms with Gasteiger partial charge in [0.1, 0.15) is 0 Å². The summed E-state index contributed by atoms with van der Waals surface area (Å²) in [6.45, 7) is 0.812. The molecule has 5 nitrogen and oxygen atoms in total. The summed E-state index contributed by atoms with van der Waals surface area (Å²) >= 11 is 0. The number of nitrogens with one attached hydrogen (secondary N) is 2. The van der Waals surface area contributed by atoms with E-state index >= 15 is 0 Å². The van der Waals surface area contributed by atoms with Crippen molar-refractivity contribution in [3.05, 3.63) is 35.4 Å². The second-order valence-electron chi connectivity index (χ2n) is 5.77. The highest BCUT2D eigenvalue weighted by atomic mass is 127. The van der Waals surface area contributed by atoms with Crippen molar-refractivity contribution in [3.63, 3.8) is 0 Å². The summed E-state index contributed by atoms with van der Waals surface area (Å²) in [5.74, 6) is 0.936. The number of benzene rings is 1. The van der Waals surface area contributed by atoms with Crippen LogP contribution in [0.25, 0.3) is 0 Å². The van der Waals surface area contributed by atoms with Gasteiger partial charge in [0.05, 0.1) is 17.1 Å². The summed E-state index contributed by atoms with van der Waals surface area (Å²) in [6.07, 6.45) is -3.71. The molecule has 1 aromatic rings. The number of hydrogen-bond donors (Lipinski definition) is 2. The maximum atomic E-state index is 12.5. The Morgan fingerprint density at radius 2 is 1.88 bits per heavy atom. The third-order valence-electron chi connectivity index (χ3n) is 3.85. The zero-order valence-corrected chi connectivity index (χ0v) is 16.8. The van der Waals surface area contributed by atoms with E-state index < -0.39 is 21.6 Å². The molecule has 0 bridgehead atoms. The van der Waals surface area contributed by atoms with Crippen LogP contribution < -0.4 is 10.6 Å². The minimum Gasteiger partial charge on any atom is -0.356 e. The Labute approximate surface area is 162 Å². The molecular weight excluding hydrogens is 470 g/mol. The zero-order chi connectivity index (χ0) is 17.8. The Kier molecular flexibility index (Phi) is 7.97. The third kappa shape index (κ3) is 7.00. The van der Waals surface area contributed by atoms with Crippen LogP contribution in [0.3, 0.4) is 0 Å². The Morgan fingerprint density at radius 3 is 2.36 bits per heavy atom. The van der Waals surface area contributed by atoms with Crippen molar-refractivity contribution in [2.24, 2.45) is 10.9 Å². The van der Waals surface area contributed by atoms with Crippen molar-refractivity contribution in [3.8, 4) is 0 Å². The van der Waals surface area contributed by atoms with Crippen LogP contribution in [0.2, 0.25) is 0 Å². The molecule has 0 saturated carbocycles. The predicted molar refractivity (Wildman–Crippen MR) is 102 cm³/mol. The Hall–Kier alpha value is -1.04. The zero-order valence-electron chi connectivity index (χ0n) is 13.6. The number of sulfone groups is 1. The summed E-state index contributed by atoms with van der Waals surface area (Å²) < 4.78 is 60.3. The van der Waals surface area contributed by atoms with Crippen LogP contribution >= 0.6 is 24.0 Å². The van der Waals surface area contributed by atoms with Crippen LogP contribution in [-0.4, -0.2) is 39.5 Å². The van der Waals surface area contributed by atoms with Crippen molar-refractivity contribution in [2.75, 3.05) is 25.1 Å². The molecule has 1 aliphatic rings. The Morgan fingerprint density at radius 1 is 1.24 bits per heavy atom. The number of guanidine groups is 1. The Bertz CT molecular complexity index is 691. The van der Waals surface area contributed by atoms with Crippen molar-refractivity contribution in [1.29, 1.82) is 0 Å². The fourth-order valence-electron chi connectivity index (χ4n) is 2.49. The van der Waals surface area contributed by atoms with Gasteiger partial charge in [0.2, 0.25) is 0 Å². The molecule has 1 saturated heterocycles. The van der Waals surface area contributed by atoms with Gasteiger partial charge in [0.15, 0.2) is 15.8 Å². The first kappa shape index (κ1) is 22.0. The van der Waals surface area contributed by atoms with E-state index in [0.29, 0.717) is 31.0 Å². The normalized spacial score (nSPS) is 20.0. The van der Waals surface area contributed by atoms with E-state index in [1.54, 1.807) is 7.05 Å². The SMILES string of the molecule is CN=C(NCc1ccc(C(F)(F)F)cc1)NCC1CCS(=O)(=O)C1.I. The van der Waals surface area contributed by atoms with Crippen LogP contribution in [0.4, 0.5) is 13.2 Å². The molecule has 1 aromatic carbocycles. The fraction of sp³-hybridized carbons (Fsp3) is 0.533. The van der Waals surface area contributed by atoms with E-state index in [0.717, 1.165) is 12.1 Å². The lowest BCUT2D eigenvalue weighted by Gasteiger charge is -2.15. The molecule has 1 unspecified atom stereocenters. The molecule has 142 valence electrons. The second kappa shape index (κ2) is 9.06. The lowest BCUT2D eigenvalue weighted by Crippen LogP contribution is -2.39. The van der Waals surface area contributed by atoms with Gasteiger partial charge in [0, 0.05) is 20.1 Å². The van der Waals surface area contributed by atoms with E-state index in [-0.39, 0.29) is 41.4 Å². The molecular formula is C15H21F3IN3O2S. The van der Waals surface area contributed by atoms with E-state index in [1.807, 2.05) is 0 Å². The smallest absolute Gasteiger partial charge is 0.356 e. The summed E-state index contributed by atoms with van der Waals surface area (Å²) in [4.78, 5) is 4.02. The number of rotatable bonds is 4. The molecule has 0 amide bonds. The van der Waals surface area contributed by atoms with Crippen molar-refractivity contribution >= 4 is 39.8 Å². The molecule has 1 heterocycles. The maximum Gasteiger partial charge on any atom is 0.416 e. The van der Waals surface area contributed by atoms with Gasteiger partial charge in [-0.05, 0) is 30.0 Å². The monoisotopic (exact) mass is 491 g/mol. The van der Waals surface area contributed by atoms with Gasteiger partial charge in [-0.1, -0.05) is 12.1 Å². The van der Waals surface area contributed by atoms with Gasteiger partial charge >= 0.3 is 6.18 Å². The minimum absolute atomic E-state index is 0. The van der Waals surface area contributed by atoms with Crippen molar-refractivity contribution in [2.45, 2.75) is 19.1 Å². The van der Waals surface area contributed by atoms with Crippen LogP contribution in [0.5, 0.6) is 0 Å². The van der Waals surface area contributed by atoms with Crippen LogP contribution in [0.1, 0.15) is 17.5 Å². The predicted octanol–water partition coefficient (Wildman–Crippen LogP) is 2.42. The van der Waals surface area contributed by atoms with E-state index in [2.05, 4.69) is 15.6 Å². The molecule has 2 rings (SSSR count). The molecule has 0 spiro atoms. The fourth-order valence-corrected chi connectivity index (χ4v) is 4.35. The van der Waals surface area contributed by atoms with E-state index in [4.69, 9.17) is 0 Å². The lowest BCUT2D eigenvalue weighted by atomic mass is 10.1. The van der Waals surface area contributed by atoms with Crippen molar-refractivity contribution in [1.82, 2.24) is 10.6 Å². The molecule has 1 aliphatic heterocycles. The van der Waals surface area contributed by atoms with Gasteiger partial charge in [-0.2, -0.15) is 13.2 Å². The highest BCUT2D eigenvalue weighted by molar-refractivity contribution is 14.0. The van der Waals surface area contributed by atoms with Gasteiger partial charge in [0.25, 0.3) is 0 Å². The van der Waals surface area contributed by atoms with Crippen molar-refractivity contribution < 1.29 is 21.6 Å². The van der Waals surface area contributed by atoms with Gasteiger partial charge in [-0.3, -0.25) is 4.99 Å². The molecule has 1 fully saturated rings. The van der Waals surface area contributed by atoms with Gasteiger partial charge < -0.3 is 10.6 Å². The first-order valence-electron chi connectivity index (χ1n) is 7.51. The standard InChI is InChI=1S/C15H20F3N3O2S.HI/c1-19-14(21-9-12-6-7-24(22,23)10-12)20-8-11-2-4-13(5-3-11)15(16,17)18;/h2-5,12H,6-10H2,1H3,(H2,19,20,21);1H. The summed E-state index contributed by atoms with van der Waals surface area (Å²) in [6, 6.07) is 4.90. The largest absolute Gasteiger partial charge is 0.416 e. The minimum atomic E-state index is -4.34. The first-order chi connectivity index (χ1) is 11.2. The molecule has 0 aliphatic carbocycles. The average molecular weight is 491 g/mol. The maximum absolute atomic E-state index is 12.5. The van der Waals surface area contributed by atoms with Crippen LogP contribution in [0, 0.1) is 5.92 Å². The summed E-state index contributed by atoms with van der Waals surface area (Å²) in [7, 11) is -1.34. The lowest BCUT2D eigenvalue weighted by molar-refractivity contribution is -0.137. The topological polar surface area (TPSA) is 70.6 Å². The molecule has 10 heteroatoms. The molecule has 0 aromatic heterocycles. The quantitative estimate of drug-likeness (QED) is 0.386. The highest BCUT2D eigenvalue weighted by Gasteiger charge is 2.30. The summed E-state index contributed by atoms with van der Waals surface area (Å²) in [5, 5.41) is 6.05. The number of alkyl halides is 3. The molecule has 25 heavy (non-hydrogen) atoms. The van der Waals surface area contributed by atoms with Gasteiger partial charge in [-0.15, -0.1) is 24.0 Å². The first-order valence-corrected chi connectivity index (χ1v) is 9.33. The number of nitrogens with zero attached hydrogens (tertiary/aromatic N) is 1. The van der Waals surface area contributed by atoms with E-state index in [9.17, 15) is 21.6 Å². The average Bonchev–Trinajstić information content (AvgIpc) is 2.86. The number of hydrogen-bond acceptors (Lipinski definition) is 3. The van der Waals surface area contributed by atoms with Gasteiger partial charge in [-0.25, -0.2) is 8.42 Å². The molecule has 2 N–H and O–H groups in total. The van der Waals surface area contributed by atoms with Crippen LogP contribution in [-0.2, 0) is 22.6 Å². The Balaban J connectivity index is 0.00000312. The molecule has 1 atom stereocenters. The highest BCUT2D eigenvalue weighted by Crippen LogP contribution is 2.29. The number of halogens is 4. The molecule has 0 radical (unpaired) electrons. The summed E-state index contributed by atoms with van der Waals surface area (Å²) in [5.41, 5.74) is 0.00518. The second-order valence-corrected chi connectivity index (χ2v) is 8.00. The number of aliphatic imine (C=N–C) groups is 1.